The van der Waals surface area contributed by atoms with Crippen LogP contribution in [0.15, 0.2) is 0 Å². The molecule has 0 saturated carbocycles. The standard InChI is InChI=1S/C6H14NO2S.C5H10NS/c1-2-7-3-5-10(8,9)6-4-7;1-5(2-6)3-7-4-5/h2,8-9H,3-6H2,1H3;1-4,6H2. The van der Waals surface area contributed by atoms with E-state index in [0.29, 0.717) is 11.5 Å². The zero-order chi connectivity index (χ0) is 12.9. The van der Waals surface area contributed by atoms with Crippen molar-refractivity contribution < 1.29 is 9.11 Å². The Morgan fingerprint density at radius 3 is 2.18 bits per heavy atom. The van der Waals surface area contributed by atoms with Crippen molar-refractivity contribution in [3.63, 3.8) is 0 Å². The summed E-state index contributed by atoms with van der Waals surface area (Å²) in [6.45, 7) is 10.2. The molecule has 2 fully saturated rings. The van der Waals surface area contributed by atoms with Gasteiger partial charge in [0.1, 0.15) is 0 Å². The smallest absolute Gasteiger partial charge is 0.0502 e. The molecule has 2 radical (unpaired) electrons. The van der Waals surface area contributed by atoms with Gasteiger partial charge in [0.25, 0.3) is 0 Å². The summed E-state index contributed by atoms with van der Waals surface area (Å²) in [5.74, 6) is 3.39. The SMILES string of the molecule is C[CH]N1CCS(O)(O)CC1.[CH2]C1(CN)CSC1. The maximum atomic E-state index is 9.19. The maximum Gasteiger partial charge on any atom is 0.0502 e. The van der Waals surface area contributed by atoms with E-state index in [0.717, 1.165) is 31.1 Å². The molecule has 4 N–H and O–H groups in total. The molecule has 0 atom stereocenters. The van der Waals surface area contributed by atoms with Crippen LogP contribution in [0.1, 0.15) is 6.92 Å². The lowest BCUT2D eigenvalue weighted by Gasteiger charge is -2.40. The van der Waals surface area contributed by atoms with Crippen molar-refractivity contribution in [1.29, 1.82) is 0 Å². The molecule has 6 heteroatoms. The Hall–Kier alpha value is 0.540. The summed E-state index contributed by atoms with van der Waals surface area (Å²) in [5.41, 5.74) is 5.65. The molecule has 0 aromatic heterocycles. The predicted octanol–water partition coefficient (Wildman–Crippen LogP) is 1.75. The van der Waals surface area contributed by atoms with Crippen molar-refractivity contribution in [2.24, 2.45) is 11.1 Å². The summed E-state index contributed by atoms with van der Waals surface area (Å²) in [7, 11) is -2.19. The topological polar surface area (TPSA) is 69.7 Å². The molecule has 4 nitrogen and oxygen atoms in total. The zero-order valence-corrected chi connectivity index (χ0v) is 12.1. The lowest BCUT2D eigenvalue weighted by Crippen LogP contribution is -2.39. The number of nitrogens with zero attached hydrogens (tertiary/aromatic N) is 1. The summed E-state index contributed by atoms with van der Waals surface area (Å²) in [4.78, 5) is 2.11. The van der Waals surface area contributed by atoms with Gasteiger partial charge in [-0.05, 0) is 20.4 Å². The van der Waals surface area contributed by atoms with Crippen LogP contribution >= 0.6 is 22.4 Å². The first-order valence-electron chi connectivity index (χ1n) is 5.81. The van der Waals surface area contributed by atoms with Gasteiger partial charge in [-0.1, -0.05) is 0 Å². The van der Waals surface area contributed by atoms with E-state index >= 15 is 0 Å². The van der Waals surface area contributed by atoms with Crippen molar-refractivity contribution >= 4 is 22.4 Å². The van der Waals surface area contributed by atoms with E-state index in [9.17, 15) is 9.11 Å². The number of thioether (sulfide) groups is 1. The van der Waals surface area contributed by atoms with Crippen molar-refractivity contribution in [1.82, 2.24) is 4.90 Å². The van der Waals surface area contributed by atoms with Gasteiger partial charge >= 0.3 is 0 Å². The molecule has 0 spiro atoms. The monoisotopic (exact) mass is 280 g/mol. The minimum Gasteiger partial charge on any atom is -0.330 e. The molecule has 0 aromatic rings. The van der Waals surface area contributed by atoms with Gasteiger partial charge in [0, 0.05) is 36.6 Å². The Labute approximate surface area is 111 Å². The quantitative estimate of drug-likeness (QED) is 0.719. The predicted molar refractivity (Wildman–Crippen MR) is 78.3 cm³/mol. The minimum atomic E-state index is -2.19. The van der Waals surface area contributed by atoms with Crippen LogP contribution < -0.4 is 5.73 Å². The van der Waals surface area contributed by atoms with Crippen molar-refractivity contribution in [2.45, 2.75) is 6.92 Å². The summed E-state index contributed by atoms with van der Waals surface area (Å²) in [6, 6.07) is 0. The number of hydrogen-bond acceptors (Lipinski definition) is 5. The highest BCUT2D eigenvalue weighted by atomic mass is 32.3. The van der Waals surface area contributed by atoms with Gasteiger partial charge in [-0.2, -0.15) is 22.4 Å². The third-order valence-corrected chi connectivity index (χ3v) is 6.33. The van der Waals surface area contributed by atoms with Crippen LogP contribution in [0.5, 0.6) is 0 Å². The van der Waals surface area contributed by atoms with Gasteiger partial charge in [-0.3, -0.25) is 14.0 Å². The Balaban J connectivity index is 0.000000181. The highest BCUT2D eigenvalue weighted by Crippen LogP contribution is 2.40. The van der Waals surface area contributed by atoms with E-state index in [1.807, 2.05) is 25.2 Å². The van der Waals surface area contributed by atoms with E-state index in [4.69, 9.17) is 5.73 Å². The second-order valence-corrected chi connectivity index (χ2v) is 8.11. The Morgan fingerprint density at radius 2 is 1.94 bits per heavy atom. The summed E-state index contributed by atoms with van der Waals surface area (Å²) >= 11 is 1.93. The highest BCUT2D eigenvalue weighted by Gasteiger charge is 2.30. The van der Waals surface area contributed by atoms with E-state index in [1.54, 1.807) is 0 Å². The van der Waals surface area contributed by atoms with Crippen LogP contribution in [-0.2, 0) is 0 Å². The molecule has 0 amide bonds. The fourth-order valence-corrected chi connectivity index (χ4v) is 3.78. The molecule has 2 aliphatic rings. The van der Waals surface area contributed by atoms with E-state index in [-0.39, 0.29) is 5.41 Å². The van der Waals surface area contributed by atoms with Gasteiger partial charge in [-0.15, -0.1) is 0 Å². The first-order chi connectivity index (χ1) is 7.91. The van der Waals surface area contributed by atoms with Gasteiger partial charge in [-0.25, -0.2) is 0 Å². The highest BCUT2D eigenvalue weighted by molar-refractivity contribution is 8.24. The van der Waals surface area contributed by atoms with Crippen LogP contribution in [0.2, 0.25) is 0 Å². The average molecular weight is 280 g/mol. The Kier molecular flexibility index (Phi) is 6.09. The molecule has 0 unspecified atom stereocenters. The van der Waals surface area contributed by atoms with Crippen LogP contribution in [0.4, 0.5) is 0 Å². The molecule has 17 heavy (non-hydrogen) atoms. The van der Waals surface area contributed by atoms with Gasteiger partial charge in [0.05, 0.1) is 11.5 Å². The van der Waals surface area contributed by atoms with Gasteiger partial charge in [0.2, 0.25) is 0 Å². The van der Waals surface area contributed by atoms with Gasteiger partial charge in [0.15, 0.2) is 0 Å². The third-order valence-electron chi connectivity index (χ3n) is 3.03. The number of nitrogens with two attached hydrogens (primary N) is 1. The van der Waals surface area contributed by atoms with Crippen LogP contribution in [0.25, 0.3) is 0 Å². The lowest BCUT2D eigenvalue weighted by atomic mass is 9.96. The molecular formula is C11H24N2O2S2. The first kappa shape index (κ1) is 15.6. The molecule has 2 saturated heterocycles. The van der Waals surface area contributed by atoms with Crippen molar-refractivity contribution in [3.05, 3.63) is 13.5 Å². The van der Waals surface area contributed by atoms with Crippen molar-refractivity contribution in [2.75, 3.05) is 42.6 Å². The Morgan fingerprint density at radius 1 is 1.41 bits per heavy atom. The van der Waals surface area contributed by atoms with Gasteiger partial charge < -0.3 is 5.73 Å². The molecule has 2 aliphatic heterocycles. The van der Waals surface area contributed by atoms with Crippen molar-refractivity contribution in [3.8, 4) is 0 Å². The zero-order valence-electron chi connectivity index (χ0n) is 10.5. The molecule has 0 aliphatic carbocycles. The fourth-order valence-electron chi connectivity index (χ4n) is 1.51. The summed E-state index contributed by atoms with van der Waals surface area (Å²) < 4.78 is 18.4. The molecule has 0 aromatic carbocycles. The van der Waals surface area contributed by atoms with Crippen LogP contribution in [0.3, 0.4) is 0 Å². The lowest BCUT2D eigenvalue weighted by molar-refractivity contribution is 0.344. The van der Waals surface area contributed by atoms with E-state index in [2.05, 4.69) is 11.8 Å². The first-order valence-corrected chi connectivity index (χ1v) is 8.85. The minimum absolute atomic E-state index is 0.255. The molecule has 2 rings (SSSR count). The maximum absolute atomic E-state index is 9.19. The van der Waals surface area contributed by atoms with Crippen LogP contribution in [-0.4, -0.2) is 56.7 Å². The van der Waals surface area contributed by atoms with E-state index in [1.165, 1.54) is 0 Å². The number of hydrogen-bond donors (Lipinski definition) is 3. The van der Waals surface area contributed by atoms with Crippen LogP contribution in [0, 0.1) is 18.9 Å². The Bertz CT molecular complexity index is 220. The summed E-state index contributed by atoms with van der Waals surface area (Å²) in [5, 5.41) is 0. The average Bonchev–Trinajstić information content (AvgIpc) is 2.27. The molecule has 0 bridgehead atoms. The molecule has 2 heterocycles. The number of rotatable bonds is 2. The molecule has 102 valence electrons. The second kappa shape index (κ2) is 6.63. The second-order valence-electron chi connectivity index (χ2n) is 4.70. The molecular weight excluding hydrogens is 256 g/mol. The summed E-state index contributed by atoms with van der Waals surface area (Å²) in [6.07, 6.45) is 0. The largest absolute Gasteiger partial charge is 0.330 e. The van der Waals surface area contributed by atoms with E-state index < -0.39 is 10.6 Å². The normalized spacial score (nSPS) is 28.5. The third kappa shape index (κ3) is 5.36. The fraction of sp³-hybridized carbons (Fsp3) is 0.818.